The fourth-order valence-corrected chi connectivity index (χ4v) is 0.768. The SMILES string of the molecule is CN.Cc1ccccc1[N+](=O)[O-]. The molecule has 0 unspecified atom stereocenters. The number of aryl methyl sites for hydroxylation is 1. The number of rotatable bonds is 1. The first kappa shape index (κ1) is 10.6. The molecule has 66 valence electrons. The summed E-state index contributed by atoms with van der Waals surface area (Å²) in [6, 6.07) is 6.65. The minimum absolute atomic E-state index is 0.183. The molecule has 0 saturated carbocycles. The topological polar surface area (TPSA) is 69.2 Å². The van der Waals surface area contributed by atoms with Crippen molar-refractivity contribution in [3.05, 3.63) is 39.9 Å². The smallest absolute Gasteiger partial charge is 0.272 e. The molecule has 0 aliphatic heterocycles. The van der Waals surface area contributed by atoms with Gasteiger partial charge in [0.05, 0.1) is 4.92 Å². The first-order chi connectivity index (χ1) is 5.72. The van der Waals surface area contributed by atoms with Crippen LogP contribution in [0.2, 0.25) is 0 Å². The Kier molecular flexibility index (Phi) is 4.64. The minimum atomic E-state index is -0.380. The number of hydrogen-bond acceptors (Lipinski definition) is 3. The van der Waals surface area contributed by atoms with Crippen LogP contribution in [0.4, 0.5) is 5.69 Å². The van der Waals surface area contributed by atoms with E-state index in [2.05, 4.69) is 5.73 Å². The first-order valence-corrected chi connectivity index (χ1v) is 3.49. The van der Waals surface area contributed by atoms with Crippen LogP contribution in [0.5, 0.6) is 0 Å². The fourth-order valence-electron chi connectivity index (χ4n) is 0.768. The van der Waals surface area contributed by atoms with Crippen molar-refractivity contribution in [2.24, 2.45) is 5.73 Å². The van der Waals surface area contributed by atoms with E-state index in [0.717, 1.165) is 0 Å². The lowest BCUT2D eigenvalue weighted by atomic mass is 10.2. The Balaban J connectivity index is 0.000000561. The molecule has 0 aliphatic rings. The van der Waals surface area contributed by atoms with E-state index < -0.39 is 0 Å². The van der Waals surface area contributed by atoms with Crippen LogP contribution in [0.3, 0.4) is 0 Å². The van der Waals surface area contributed by atoms with Crippen LogP contribution < -0.4 is 5.73 Å². The standard InChI is InChI=1S/C7H7NO2.CH5N/c1-6-4-2-3-5-7(6)8(9)10;1-2/h2-5H,1H3;2H2,1H3. The van der Waals surface area contributed by atoms with Gasteiger partial charge in [0.15, 0.2) is 0 Å². The van der Waals surface area contributed by atoms with Crippen molar-refractivity contribution < 1.29 is 4.92 Å². The zero-order chi connectivity index (χ0) is 9.56. The van der Waals surface area contributed by atoms with E-state index in [0.29, 0.717) is 5.56 Å². The molecular formula is C8H12N2O2. The first-order valence-electron chi connectivity index (χ1n) is 3.49. The molecule has 0 atom stereocenters. The quantitative estimate of drug-likeness (QED) is 0.510. The van der Waals surface area contributed by atoms with E-state index in [-0.39, 0.29) is 10.6 Å². The van der Waals surface area contributed by atoms with Gasteiger partial charge in [-0.05, 0) is 14.0 Å². The summed E-state index contributed by atoms with van der Waals surface area (Å²) in [7, 11) is 1.50. The van der Waals surface area contributed by atoms with Crippen molar-refractivity contribution in [1.29, 1.82) is 0 Å². The summed E-state index contributed by atoms with van der Waals surface area (Å²) in [6.45, 7) is 1.72. The summed E-state index contributed by atoms with van der Waals surface area (Å²) in [4.78, 5) is 9.85. The second kappa shape index (κ2) is 5.26. The van der Waals surface area contributed by atoms with Gasteiger partial charge in [0, 0.05) is 11.6 Å². The van der Waals surface area contributed by atoms with Gasteiger partial charge in [0.2, 0.25) is 0 Å². The second-order valence-electron chi connectivity index (χ2n) is 2.04. The molecule has 0 aromatic heterocycles. The fraction of sp³-hybridized carbons (Fsp3) is 0.250. The maximum absolute atomic E-state index is 10.2. The van der Waals surface area contributed by atoms with Crippen molar-refractivity contribution in [2.75, 3.05) is 7.05 Å². The summed E-state index contributed by atoms with van der Waals surface area (Å²) in [5, 5.41) is 10.2. The molecular weight excluding hydrogens is 156 g/mol. The van der Waals surface area contributed by atoms with Gasteiger partial charge in [-0.15, -0.1) is 0 Å². The third-order valence-electron chi connectivity index (χ3n) is 1.31. The molecule has 0 amide bonds. The minimum Gasteiger partial charge on any atom is -0.333 e. The van der Waals surface area contributed by atoms with Gasteiger partial charge in [-0.25, -0.2) is 0 Å². The summed E-state index contributed by atoms with van der Waals surface area (Å²) >= 11 is 0. The number of nitrogens with zero attached hydrogens (tertiary/aromatic N) is 1. The molecule has 0 saturated heterocycles. The summed E-state index contributed by atoms with van der Waals surface area (Å²) in [6.07, 6.45) is 0. The largest absolute Gasteiger partial charge is 0.333 e. The second-order valence-corrected chi connectivity index (χ2v) is 2.04. The molecule has 4 nitrogen and oxygen atoms in total. The molecule has 4 heteroatoms. The molecule has 0 heterocycles. The Bertz CT molecular complexity index is 261. The third kappa shape index (κ3) is 2.67. The van der Waals surface area contributed by atoms with Gasteiger partial charge in [-0.1, -0.05) is 18.2 Å². The Morgan fingerprint density at radius 1 is 1.33 bits per heavy atom. The van der Waals surface area contributed by atoms with Gasteiger partial charge in [0.25, 0.3) is 5.69 Å². The Hall–Kier alpha value is -1.42. The maximum atomic E-state index is 10.2. The normalized spacial score (nSPS) is 8.25. The molecule has 0 aliphatic carbocycles. The molecule has 12 heavy (non-hydrogen) atoms. The van der Waals surface area contributed by atoms with E-state index in [1.807, 2.05) is 0 Å². The molecule has 1 rings (SSSR count). The lowest BCUT2D eigenvalue weighted by Gasteiger charge is -1.92. The Labute approximate surface area is 71.2 Å². The Morgan fingerprint density at radius 2 is 1.83 bits per heavy atom. The highest BCUT2D eigenvalue weighted by atomic mass is 16.6. The summed E-state index contributed by atoms with van der Waals surface area (Å²) in [5.41, 5.74) is 5.38. The van der Waals surface area contributed by atoms with Crippen molar-refractivity contribution in [3.8, 4) is 0 Å². The molecule has 0 radical (unpaired) electrons. The van der Waals surface area contributed by atoms with Crippen LogP contribution in [0.1, 0.15) is 5.56 Å². The Morgan fingerprint density at radius 3 is 2.17 bits per heavy atom. The number of para-hydroxylation sites is 1. The average molecular weight is 168 g/mol. The predicted molar refractivity (Wildman–Crippen MR) is 47.9 cm³/mol. The van der Waals surface area contributed by atoms with Crippen molar-refractivity contribution in [3.63, 3.8) is 0 Å². The highest BCUT2D eigenvalue weighted by Crippen LogP contribution is 2.14. The van der Waals surface area contributed by atoms with Crippen molar-refractivity contribution in [1.82, 2.24) is 0 Å². The molecule has 0 spiro atoms. The van der Waals surface area contributed by atoms with E-state index in [4.69, 9.17) is 0 Å². The van der Waals surface area contributed by atoms with E-state index >= 15 is 0 Å². The summed E-state index contributed by atoms with van der Waals surface area (Å²) < 4.78 is 0. The van der Waals surface area contributed by atoms with Crippen LogP contribution in [0, 0.1) is 17.0 Å². The number of hydrogen-bond donors (Lipinski definition) is 1. The van der Waals surface area contributed by atoms with Gasteiger partial charge < -0.3 is 5.73 Å². The van der Waals surface area contributed by atoms with Crippen molar-refractivity contribution in [2.45, 2.75) is 6.92 Å². The van der Waals surface area contributed by atoms with Gasteiger partial charge in [-0.2, -0.15) is 0 Å². The predicted octanol–water partition coefficient (Wildman–Crippen LogP) is 1.48. The zero-order valence-electron chi connectivity index (χ0n) is 7.15. The highest BCUT2D eigenvalue weighted by molar-refractivity contribution is 5.38. The third-order valence-corrected chi connectivity index (χ3v) is 1.31. The van der Waals surface area contributed by atoms with Gasteiger partial charge in [-0.3, -0.25) is 10.1 Å². The molecule has 0 fully saturated rings. The number of nitro groups is 1. The number of nitro benzene ring substituents is 1. The van der Waals surface area contributed by atoms with Crippen LogP contribution in [-0.2, 0) is 0 Å². The zero-order valence-corrected chi connectivity index (χ0v) is 7.15. The monoisotopic (exact) mass is 168 g/mol. The maximum Gasteiger partial charge on any atom is 0.272 e. The van der Waals surface area contributed by atoms with E-state index in [1.165, 1.54) is 13.1 Å². The van der Waals surface area contributed by atoms with Crippen LogP contribution in [0.15, 0.2) is 24.3 Å². The number of benzene rings is 1. The average Bonchev–Trinajstić information content (AvgIpc) is 2.08. The molecule has 2 N–H and O–H groups in total. The number of nitrogens with two attached hydrogens (primary N) is 1. The van der Waals surface area contributed by atoms with Crippen LogP contribution in [-0.4, -0.2) is 12.0 Å². The van der Waals surface area contributed by atoms with E-state index in [1.54, 1.807) is 25.1 Å². The molecule has 1 aromatic rings. The lowest BCUT2D eigenvalue weighted by molar-refractivity contribution is -0.385. The highest BCUT2D eigenvalue weighted by Gasteiger charge is 2.05. The molecule has 1 aromatic carbocycles. The summed E-state index contributed by atoms with van der Waals surface area (Å²) in [5.74, 6) is 0. The lowest BCUT2D eigenvalue weighted by Crippen LogP contribution is -1.89. The van der Waals surface area contributed by atoms with E-state index in [9.17, 15) is 10.1 Å². The van der Waals surface area contributed by atoms with Crippen molar-refractivity contribution >= 4 is 5.69 Å². The van der Waals surface area contributed by atoms with Crippen LogP contribution >= 0.6 is 0 Å². The van der Waals surface area contributed by atoms with Gasteiger partial charge >= 0.3 is 0 Å². The van der Waals surface area contributed by atoms with Crippen LogP contribution in [0.25, 0.3) is 0 Å². The molecule has 0 bridgehead atoms. The van der Waals surface area contributed by atoms with Gasteiger partial charge in [0.1, 0.15) is 0 Å².